The zero-order chi connectivity index (χ0) is 19.1. The van der Waals surface area contributed by atoms with Crippen molar-refractivity contribution in [3.8, 4) is 0 Å². The molecule has 4 heterocycles. The molecule has 0 aliphatic carbocycles. The average Bonchev–Trinajstić information content (AvgIpc) is 3.09. The first kappa shape index (κ1) is 17.1. The van der Waals surface area contributed by atoms with Gasteiger partial charge >= 0.3 is 0 Å². The molecule has 5 rings (SSSR count). The van der Waals surface area contributed by atoms with E-state index in [9.17, 15) is 0 Å². The van der Waals surface area contributed by atoms with Crippen LogP contribution in [0.5, 0.6) is 0 Å². The number of nitrogens with two attached hydrogens (primary N) is 1. The lowest BCUT2D eigenvalue weighted by Crippen LogP contribution is -2.34. The van der Waals surface area contributed by atoms with Crippen molar-refractivity contribution in [1.29, 1.82) is 0 Å². The van der Waals surface area contributed by atoms with Crippen LogP contribution in [0.3, 0.4) is 0 Å². The molecular formula is C21H23N7. The van der Waals surface area contributed by atoms with Crippen LogP contribution in [-0.2, 0) is 6.54 Å². The minimum absolute atomic E-state index is 0.386. The van der Waals surface area contributed by atoms with E-state index < -0.39 is 0 Å². The van der Waals surface area contributed by atoms with E-state index in [-0.39, 0.29) is 0 Å². The molecule has 0 amide bonds. The molecule has 28 heavy (non-hydrogen) atoms. The van der Waals surface area contributed by atoms with Gasteiger partial charge in [-0.1, -0.05) is 6.07 Å². The van der Waals surface area contributed by atoms with Crippen LogP contribution >= 0.6 is 0 Å². The van der Waals surface area contributed by atoms with E-state index in [0.29, 0.717) is 11.7 Å². The Bertz CT molecular complexity index is 1150. The molecule has 0 saturated carbocycles. The summed E-state index contributed by atoms with van der Waals surface area (Å²) in [4.78, 5) is 16.1. The van der Waals surface area contributed by atoms with Gasteiger partial charge < -0.3 is 5.73 Å². The number of rotatable bonds is 3. The molecule has 0 radical (unpaired) electrons. The molecule has 1 saturated heterocycles. The Morgan fingerprint density at radius 2 is 1.96 bits per heavy atom. The Morgan fingerprint density at radius 1 is 1.11 bits per heavy atom. The second-order valence-electron chi connectivity index (χ2n) is 7.62. The zero-order valence-electron chi connectivity index (χ0n) is 15.9. The number of hydrogen-bond donors (Lipinski definition) is 1. The number of likely N-dealkylation sites (tertiary alicyclic amines) is 1. The number of nitrogens with zero attached hydrogens (tertiary/aromatic N) is 6. The molecule has 4 aromatic rings. The molecule has 7 nitrogen and oxygen atoms in total. The van der Waals surface area contributed by atoms with E-state index in [1.165, 1.54) is 5.56 Å². The molecule has 2 N–H and O–H groups in total. The molecule has 3 aromatic heterocycles. The highest BCUT2D eigenvalue weighted by atomic mass is 15.3. The number of fused-ring (bicyclic) bond motifs is 2. The Hall–Kier alpha value is -3.06. The zero-order valence-corrected chi connectivity index (χ0v) is 15.9. The standard InChI is InChI=1S/C21H23N7/c1-14-9-21-25-18(11-20(22)28(21)26-14)16-3-2-8-27(13-16)12-15-4-5-17-19(10-15)24-7-6-23-17/h4-7,9-11,16H,2-3,8,12-13,22H2,1H3. The predicted octanol–water partition coefficient (Wildman–Crippen LogP) is 2.94. The maximum Gasteiger partial charge on any atom is 0.157 e. The van der Waals surface area contributed by atoms with Gasteiger partial charge in [-0.2, -0.15) is 9.61 Å². The molecular weight excluding hydrogens is 350 g/mol. The lowest BCUT2D eigenvalue weighted by Gasteiger charge is -2.32. The highest BCUT2D eigenvalue weighted by Crippen LogP contribution is 2.28. The van der Waals surface area contributed by atoms with Gasteiger partial charge in [0.05, 0.1) is 22.4 Å². The summed E-state index contributed by atoms with van der Waals surface area (Å²) in [7, 11) is 0. The largest absolute Gasteiger partial charge is 0.384 e. The second-order valence-corrected chi connectivity index (χ2v) is 7.62. The van der Waals surface area contributed by atoms with Gasteiger partial charge in [-0.25, -0.2) is 4.98 Å². The Kier molecular flexibility index (Phi) is 4.16. The van der Waals surface area contributed by atoms with E-state index in [4.69, 9.17) is 10.7 Å². The number of anilines is 1. The highest BCUT2D eigenvalue weighted by Gasteiger charge is 2.23. The number of aromatic nitrogens is 5. The molecule has 1 unspecified atom stereocenters. The summed E-state index contributed by atoms with van der Waals surface area (Å²) in [6, 6.07) is 10.3. The third kappa shape index (κ3) is 3.18. The summed E-state index contributed by atoms with van der Waals surface area (Å²) in [5.41, 5.74) is 12.2. The van der Waals surface area contributed by atoms with Gasteiger partial charge in [0.1, 0.15) is 5.82 Å². The van der Waals surface area contributed by atoms with Crippen LogP contribution in [0, 0.1) is 6.92 Å². The van der Waals surface area contributed by atoms with Crippen LogP contribution in [0.4, 0.5) is 5.82 Å². The van der Waals surface area contributed by atoms with Crippen LogP contribution in [0.2, 0.25) is 0 Å². The molecule has 1 aliphatic heterocycles. The SMILES string of the molecule is Cc1cc2nc(C3CCCN(Cc4ccc5nccnc5c4)C3)cc(N)n2n1. The fraction of sp³-hybridized carbons (Fsp3) is 0.333. The van der Waals surface area contributed by atoms with E-state index in [1.807, 2.05) is 19.1 Å². The third-order valence-corrected chi connectivity index (χ3v) is 5.46. The van der Waals surface area contributed by atoms with Gasteiger partial charge in [-0.05, 0) is 44.0 Å². The van der Waals surface area contributed by atoms with Crippen molar-refractivity contribution in [2.24, 2.45) is 0 Å². The summed E-state index contributed by atoms with van der Waals surface area (Å²) < 4.78 is 1.72. The van der Waals surface area contributed by atoms with Gasteiger partial charge in [0.25, 0.3) is 0 Å². The topological polar surface area (TPSA) is 85.2 Å². The van der Waals surface area contributed by atoms with Crippen LogP contribution in [-0.4, -0.2) is 42.6 Å². The number of hydrogen-bond acceptors (Lipinski definition) is 6. The van der Waals surface area contributed by atoms with E-state index in [1.54, 1.807) is 16.9 Å². The van der Waals surface area contributed by atoms with Crippen molar-refractivity contribution in [3.05, 3.63) is 59.7 Å². The Morgan fingerprint density at radius 3 is 2.86 bits per heavy atom. The quantitative estimate of drug-likeness (QED) is 0.594. The Balaban J connectivity index is 1.37. The fourth-order valence-electron chi connectivity index (χ4n) is 4.15. The van der Waals surface area contributed by atoms with Crippen molar-refractivity contribution in [2.45, 2.75) is 32.2 Å². The fourth-order valence-corrected chi connectivity index (χ4v) is 4.15. The summed E-state index contributed by atoms with van der Waals surface area (Å²) in [6.07, 6.45) is 5.76. The molecule has 1 atom stereocenters. The van der Waals surface area contributed by atoms with Gasteiger partial charge in [0, 0.05) is 43.5 Å². The normalized spacial score (nSPS) is 18.1. The monoisotopic (exact) mass is 373 g/mol. The van der Waals surface area contributed by atoms with Crippen molar-refractivity contribution in [1.82, 2.24) is 29.5 Å². The van der Waals surface area contributed by atoms with Crippen molar-refractivity contribution in [2.75, 3.05) is 18.8 Å². The molecule has 1 aliphatic rings. The van der Waals surface area contributed by atoms with Crippen LogP contribution in [0.25, 0.3) is 16.7 Å². The first-order valence-corrected chi connectivity index (χ1v) is 9.70. The lowest BCUT2D eigenvalue weighted by molar-refractivity contribution is 0.198. The summed E-state index contributed by atoms with van der Waals surface area (Å²) >= 11 is 0. The van der Waals surface area contributed by atoms with Gasteiger partial charge in [0.15, 0.2) is 5.65 Å². The van der Waals surface area contributed by atoms with Gasteiger partial charge in [-0.3, -0.25) is 14.9 Å². The summed E-state index contributed by atoms with van der Waals surface area (Å²) in [5, 5.41) is 4.40. The van der Waals surface area contributed by atoms with Crippen molar-refractivity contribution >= 4 is 22.5 Å². The lowest BCUT2D eigenvalue weighted by atomic mass is 9.94. The number of benzene rings is 1. The van der Waals surface area contributed by atoms with E-state index in [2.05, 4.69) is 38.2 Å². The smallest absolute Gasteiger partial charge is 0.157 e. The first-order valence-electron chi connectivity index (χ1n) is 9.70. The van der Waals surface area contributed by atoms with E-state index in [0.717, 1.165) is 60.5 Å². The Labute approximate surface area is 163 Å². The molecule has 0 bridgehead atoms. The van der Waals surface area contributed by atoms with Gasteiger partial charge in [0.2, 0.25) is 0 Å². The first-order chi connectivity index (χ1) is 13.7. The highest BCUT2D eigenvalue weighted by molar-refractivity contribution is 5.74. The maximum absolute atomic E-state index is 6.22. The third-order valence-electron chi connectivity index (χ3n) is 5.46. The number of piperidine rings is 1. The van der Waals surface area contributed by atoms with Crippen LogP contribution < -0.4 is 5.73 Å². The predicted molar refractivity (Wildman–Crippen MR) is 109 cm³/mol. The van der Waals surface area contributed by atoms with Crippen LogP contribution in [0.15, 0.2) is 42.7 Å². The van der Waals surface area contributed by atoms with E-state index >= 15 is 0 Å². The molecule has 1 aromatic carbocycles. The summed E-state index contributed by atoms with van der Waals surface area (Å²) in [6.45, 7) is 4.95. The maximum atomic E-state index is 6.22. The summed E-state index contributed by atoms with van der Waals surface area (Å²) in [5.74, 6) is 1.04. The number of nitrogen functional groups attached to an aromatic ring is 1. The van der Waals surface area contributed by atoms with Crippen molar-refractivity contribution < 1.29 is 0 Å². The molecule has 0 spiro atoms. The van der Waals surface area contributed by atoms with Gasteiger partial charge in [-0.15, -0.1) is 0 Å². The second kappa shape index (κ2) is 6.83. The minimum atomic E-state index is 0.386. The molecule has 1 fully saturated rings. The van der Waals surface area contributed by atoms with Crippen LogP contribution in [0.1, 0.15) is 35.7 Å². The molecule has 7 heteroatoms. The van der Waals surface area contributed by atoms with Crippen molar-refractivity contribution in [3.63, 3.8) is 0 Å². The average molecular weight is 373 g/mol. The minimum Gasteiger partial charge on any atom is -0.384 e. The number of aryl methyl sites for hydroxylation is 1. The molecule has 142 valence electrons.